The second-order valence-electron chi connectivity index (χ2n) is 3.74. The summed E-state index contributed by atoms with van der Waals surface area (Å²) in [7, 11) is 1.78. The summed E-state index contributed by atoms with van der Waals surface area (Å²) >= 11 is 5.93. The summed E-state index contributed by atoms with van der Waals surface area (Å²) < 4.78 is 1.60. The Morgan fingerprint density at radius 3 is 3.00 bits per heavy atom. The van der Waals surface area contributed by atoms with Crippen LogP contribution in [0.25, 0.3) is 11.2 Å². The van der Waals surface area contributed by atoms with Gasteiger partial charge in [0.1, 0.15) is 6.33 Å². The average molecular weight is 261 g/mol. The van der Waals surface area contributed by atoms with Crippen LogP contribution < -0.4 is 5.32 Å². The van der Waals surface area contributed by atoms with Crippen LogP contribution in [0, 0.1) is 0 Å². The van der Waals surface area contributed by atoms with Crippen molar-refractivity contribution in [2.75, 3.05) is 5.32 Å². The van der Waals surface area contributed by atoms with E-state index in [1.54, 1.807) is 11.7 Å². The van der Waals surface area contributed by atoms with Crippen molar-refractivity contribution < 1.29 is 0 Å². The van der Waals surface area contributed by atoms with Gasteiger partial charge in [0.2, 0.25) is 0 Å². The number of rotatable bonds is 2. The normalized spacial score (nSPS) is 10.8. The van der Waals surface area contributed by atoms with Crippen molar-refractivity contribution >= 4 is 34.3 Å². The van der Waals surface area contributed by atoms with Crippen LogP contribution in [0.5, 0.6) is 0 Å². The Morgan fingerprint density at radius 1 is 1.28 bits per heavy atom. The fourth-order valence-electron chi connectivity index (χ4n) is 1.65. The number of halogens is 1. The highest BCUT2D eigenvalue weighted by Crippen LogP contribution is 2.22. The minimum Gasteiger partial charge on any atom is -0.338 e. The highest BCUT2D eigenvalue weighted by atomic mass is 35.5. The van der Waals surface area contributed by atoms with E-state index < -0.39 is 0 Å². The van der Waals surface area contributed by atoms with Crippen molar-refractivity contribution in [1.29, 1.82) is 0 Å². The largest absolute Gasteiger partial charge is 0.338 e. The lowest BCUT2D eigenvalue weighted by molar-refractivity contribution is 0.729. The fraction of sp³-hybridized carbons (Fsp3) is 0.0909. The molecule has 7 heteroatoms. The molecular formula is C11H9ClN6. The van der Waals surface area contributed by atoms with E-state index in [1.807, 2.05) is 24.3 Å². The molecule has 6 nitrogen and oxygen atoms in total. The van der Waals surface area contributed by atoms with Crippen LogP contribution in [-0.2, 0) is 7.05 Å². The van der Waals surface area contributed by atoms with Crippen LogP contribution in [0.2, 0.25) is 5.02 Å². The molecular weight excluding hydrogens is 252 g/mol. The first kappa shape index (κ1) is 10.9. The number of nitrogens with zero attached hydrogens (tertiary/aromatic N) is 5. The minimum atomic E-state index is 0.607. The van der Waals surface area contributed by atoms with Gasteiger partial charge in [0.25, 0.3) is 0 Å². The van der Waals surface area contributed by atoms with E-state index in [9.17, 15) is 0 Å². The Labute approximate surface area is 108 Å². The molecule has 1 aromatic carbocycles. The predicted octanol–water partition coefficient (Wildman–Crippen LogP) is 2.16. The van der Waals surface area contributed by atoms with Crippen LogP contribution in [0.4, 0.5) is 11.5 Å². The van der Waals surface area contributed by atoms with Gasteiger partial charge < -0.3 is 5.32 Å². The molecule has 1 N–H and O–H groups in total. The standard InChI is InChI=1S/C11H9ClN6/c1-18-11-9(16-17-18)10(13-6-14-11)15-8-4-2-3-7(12)5-8/h2-6H,1H3,(H,13,14,15). The molecule has 0 aliphatic rings. The third-order valence-corrected chi connectivity index (χ3v) is 2.71. The molecule has 2 heterocycles. The van der Waals surface area contributed by atoms with E-state index in [1.165, 1.54) is 6.33 Å². The number of benzene rings is 1. The van der Waals surface area contributed by atoms with Crippen LogP contribution in [0.1, 0.15) is 0 Å². The summed E-state index contributed by atoms with van der Waals surface area (Å²) in [6, 6.07) is 7.38. The summed E-state index contributed by atoms with van der Waals surface area (Å²) in [5.74, 6) is 0.607. The topological polar surface area (TPSA) is 68.5 Å². The number of hydrogen-bond acceptors (Lipinski definition) is 5. The van der Waals surface area contributed by atoms with Gasteiger partial charge in [-0.1, -0.05) is 22.9 Å². The van der Waals surface area contributed by atoms with Crippen molar-refractivity contribution in [3.63, 3.8) is 0 Å². The summed E-state index contributed by atoms with van der Waals surface area (Å²) in [6.07, 6.45) is 1.47. The summed E-state index contributed by atoms with van der Waals surface area (Å²) in [4.78, 5) is 8.29. The first-order chi connectivity index (χ1) is 8.74. The average Bonchev–Trinajstić information content (AvgIpc) is 2.73. The lowest BCUT2D eigenvalue weighted by Gasteiger charge is -2.05. The molecule has 2 aromatic heterocycles. The first-order valence-electron chi connectivity index (χ1n) is 5.27. The summed E-state index contributed by atoms with van der Waals surface area (Å²) in [6.45, 7) is 0. The van der Waals surface area contributed by atoms with Gasteiger partial charge in [-0.05, 0) is 18.2 Å². The Bertz CT molecular complexity index is 708. The van der Waals surface area contributed by atoms with Gasteiger partial charge in [-0.3, -0.25) is 0 Å². The third kappa shape index (κ3) is 1.86. The zero-order valence-corrected chi connectivity index (χ0v) is 10.3. The summed E-state index contributed by atoms with van der Waals surface area (Å²) in [5.41, 5.74) is 2.14. The molecule has 0 saturated heterocycles. The van der Waals surface area contributed by atoms with Crippen molar-refractivity contribution in [3.8, 4) is 0 Å². The van der Waals surface area contributed by atoms with Crippen LogP contribution >= 0.6 is 11.6 Å². The molecule has 0 aliphatic carbocycles. The number of nitrogens with one attached hydrogen (secondary N) is 1. The molecule has 0 saturated carbocycles. The van der Waals surface area contributed by atoms with E-state index in [0.717, 1.165) is 5.69 Å². The number of anilines is 2. The molecule has 0 atom stereocenters. The monoisotopic (exact) mass is 260 g/mol. The zero-order valence-electron chi connectivity index (χ0n) is 9.50. The molecule has 0 aliphatic heterocycles. The molecule has 0 spiro atoms. The van der Waals surface area contributed by atoms with Crippen LogP contribution in [0.15, 0.2) is 30.6 Å². The van der Waals surface area contributed by atoms with Gasteiger partial charge in [-0.15, -0.1) is 5.10 Å². The number of aromatic nitrogens is 5. The quantitative estimate of drug-likeness (QED) is 0.765. The molecule has 0 unspecified atom stereocenters. The predicted molar refractivity (Wildman–Crippen MR) is 68.8 cm³/mol. The first-order valence-corrected chi connectivity index (χ1v) is 5.65. The lowest BCUT2D eigenvalue weighted by atomic mass is 10.3. The maximum absolute atomic E-state index is 5.93. The van der Waals surface area contributed by atoms with E-state index in [2.05, 4.69) is 25.6 Å². The third-order valence-electron chi connectivity index (χ3n) is 2.48. The lowest BCUT2D eigenvalue weighted by Crippen LogP contribution is -1.97. The van der Waals surface area contributed by atoms with Gasteiger partial charge in [0.05, 0.1) is 0 Å². The van der Waals surface area contributed by atoms with Gasteiger partial charge >= 0.3 is 0 Å². The van der Waals surface area contributed by atoms with Gasteiger partial charge in [-0.25, -0.2) is 14.6 Å². The molecule has 0 radical (unpaired) electrons. The van der Waals surface area contributed by atoms with Gasteiger partial charge in [0.15, 0.2) is 17.0 Å². The highest BCUT2D eigenvalue weighted by molar-refractivity contribution is 6.30. The Balaban J connectivity index is 2.05. The molecule has 0 amide bonds. The van der Waals surface area contributed by atoms with E-state index in [0.29, 0.717) is 22.0 Å². The fourth-order valence-corrected chi connectivity index (χ4v) is 1.84. The number of hydrogen-bond donors (Lipinski definition) is 1. The van der Waals surface area contributed by atoms with Gasteiger partial charge in [0, 0.05) is 17.8 Å². The Hall–Kier alpha value is -2.21. The molecule has 0 fully saturated rings. The molecule has 18 heavy (non-hydrogen) atoms. The van der Waals surface area contributed by atoms with Crippen LogP contribution in [0.3, 0.4) is 0 Å². The zero-order chi connectivity index (χ0) is 12.5. The van der Waals surface area contributed by atoms with Crippen molar-refractivity contribution in [2.24, 2.45) is 7.05 Å². The molecule has 90 valence electrons. The second-order valence-corrected chi connectivity index (χ2v) is 4.18. The second kappa shape index (κ2) is 4.23. The number of fused-ring (bicyclic) bond motifs is 1. The van der Waals surface area contributed by atoms with Crippen molar-refractivity contribution in [1.82, 2.24) is 25.0 Å². The highest BCUT2D eigenvalue weighted by Gasteiger charge is 2.09. The number of aryl methyl sites for hydroxylation is 1. The van der Waals surface area contributed by atoms with Crippen LogP contribution in [-0.4, -0.2) is 25.0 Å². The van der Waals surface area contributed by atoms with Crippen molar-refractivity contribution in [2.45, 2.75) is 0 Å². The van der Waals surface area contributed by atoms with Gasteiger partial charge in [-0.2, -0.15) is 0 Å². The maximum atomic E-state index is 5.93. The molecule has 3 aromatic rings. The minimum absolute atomic E-state index is 0.607. The Morgan fingerprint density at radius 2 is 2.17 bits per heavy atom. The Kier molecular flexibility index (Phi) is 2.56. The molecule has 3 rings (SSSR count). The maximum Gasteiger partial charge on any atom is 0.183 e. The molecule has 0 bridgehead atoms. The van der Waals surface area contributed by atoms with E-state index >= 15 is 0 Å². The van der Waals surface area contributed by atoms with E-state index in [4.69, 9.17) is 11.6 Å². The SMILES string of the molecule is Cn1nnc2c(Nc3cccc(Cl)c3)ncnc21. The van der Waals surface area contributed by atoms with Crippen molar-refractivity contribution in [3.05, 3.63) is 35.6 Å². The summed E-state index contributed by atoms with van der Waals surface area (Å²) in [5, 5.41) is 11.7. The smallest absolute Gasteiger partial charge is 0.183 e. The van der Waals surface area contributed by atoms with E-state index in [-0.39, 0.29) is 0 Å².